The van der Waals surface area contributed by atoms with E-state index in [2.05, 4.69) is 5.10 Å². The standard InChI is InChI=1S/C9H9FN4S/c10-8-2-1-6(4-11)7(3-8)5-15-9(12)14-13/h1-3H,5,13H2,(H2,12,14). The molecule has 78 valence electrons. The van der Waals surface area contributed by atoms with Crippen molar-refractivity contribution >= 4 is 16.9 Å². The largest absolute Gasteiger partial charge is 0.377 e. The molecule has 0 unspecified atom stereocenters. The Morgan fingerprint density at radius 3 is 2.93 bits per heavy atom. The predicted octanol–water partition coefficient (Wildman–Crippen LogP) is 1.12. The second kappa shape index (κ2) is 5.22. The predicted molar refractivity (Wildman–Crippen MR) is 58.2 cm³/mol. The molecule has 0 aromatic heterocycles. The molecule has 0 radical (unpaired) electrons. The van der Waals surface area contributed by atoms with Crippen LogP contribution in [-0.2, 0) is 5.75 Å². The second-order valence-electron chi connectivity index (χ2n) is 2.67. The van der Waals surface area contributed by atoms with E-state index in [9.17, 15) is 4.39 Å². The van der Waals surface area contributed by atoms with E-state index in [1.165, 1.54) is 18.2 Å². The number of hydrogen-bond donors (Lipinski definition) is 2. The molecule has 1 aromatic rings. The maximum Gasteiger partial charge on any atom is 0.177 e. The van der Waals surface area contributed by atoms with Crippen molar-refractivity contribution in [2.75, 3.05) is 0 Å². The highest BCUT2D eigenvalue weighted by molar-refractivity contribution is 8.13. The van der Waals surface area contributed by atoms with Crippen molar-refractivity contribution in [2.24, 2.45) is 16.7 Å². The molecular weight excluding hydrogens is 215 g/mol. The van der Waals surface area contributed by atoms with Crippen LogP contribution in [0, 0.1) is 17.1 Å². The Morgan fingerprint density at radius 2 is 2.33 bits per heavy atom. The monoisotopic (exact) mass is 224 g/mol. The minimum atomic E-state index is -0.382. The fourth-order valence-corrected chi connectivity index (χ4v) is 1.60. The van der Waals surface area contributed by atoms with E-state index >= 15 is 0 Å². The van der Waals surface area contributed by atoms with Gasteiger partial charge < -0.3 is 11.6 Å². The van der Waals surface area contributed by atoms with Crippen LogP contribution in [0.5, 0.6) is 0 Å². The van der Waals surface area contributed by atoms with Gasteiger partial charge in [0, 0.05) is 5.75 Å². The number of hydrogen-bond acceptors (Lipinski definition) is 4. The molecule has 1 aromatic carbocycles. The second-order valence-corrected chi connectivity index (χ2v) is 3.66. The molecule has 4 nitrogen and oxygen atoms in total. The Balaban J connectivity index is 2.84. The van der Waals surface area contributed by atoms with Crippen LogP contribution >= 0.6 is 11.8 Å². The summed E-state index contributed by atoms with van der Waals surface area (Å²) in [5.41, 5.74) is 6.36. The van der Waals surface area contributed by atoms with Crippen LogP contribution in [0.15, 0.2) is 23.3 Å². The molecule has 0 saturated carbocycles. The van der Waals surface area contributed by atoms with E-state index in [0.717, 1.165) is 11.8 Å². The third kappa shape index (κ3) is 3.14. The van der Waals surface area contributed by atoms with Crippen LogP contribution in [-0.4, -0.2) is 5.17 Å². The van der Waals surface area contributed by atoms with E-state index in [4.69, 9.17) is 16.8 Å². The van der Waals surface area contributed by atoms with E-state index in [1.807, 2.05) is 6.07 Å². The number of nitrogens with two attached hydrogens (primary N) is 2. The van der Waals surface area contributed by atoms with Gasteiger partial charge in [-0.25, -0.2) is 4.39 Å². The Hall–Kier alpha value is -1.74. The van der Waals surface area contributed by atoms with Crippen LogP contribution < -0.4 is 11.6 Å². The van der Waals surface area contributed by atoms with E-state index in [0.29, 0.717) is 16.9 Å². The summed E-state index contributed by atoms with van der Waals surface area (Å²) in [7, 11) is 0. The fourth-order valence-electron chi connectivity index (χ4n) is 0.980. The smallest absolute Gasteiger partial charge is 0.177 e. The molecule has 1 rings (SSSR count). The van der Waals surface area contributed by atoms with Crippen molar-refractivity contribution in [3.63, 3.8) is 0 Å². The third-order valence-corrected chi connectivity index (χ3v) is 2.55. The minimum absolute atomic E-state index is 0.197. The Labute approximate surface area is 90.8 Å². The molecule has 6 heteroatoms. The lowest BCUT2D eigenvalue weighted by molar-refractivity contribution is 0.626. The van der Waals surface area contributed by atoms with Gasteiger partial charge in [0.2, 0.25) is 0 Å². The zero-order valence-corrected chi connectivity index (χ0v) is 8.59. The number of halogens is 1. The van der Waals surface area contributed by atoms with Crippen molar-refractivity contribution in [2.45, 2.75) is 5.75 Å². The van der Waals surface area contributed by atoms with Crippen molar-refractivity contribution in [1.29, 1.82) is 5.26 Å². The molecule has 0 amide bonds. The third-order valence-electron chi connectivity index (χ3n) is 1.69. The molecule has 15 heavy (non-hydrogen) atoms. The zero-order valence-electron chi connectivity index (χ0n) is 7.77. The zero-order chi connectivity index (χ0) is 11.3. The van der Waals surface area contributed by atoms with Crippen LogP contribution in [0.25, 0.3) is 0 Å². The van der Waals surface area contributed by atoms with Gasteiger partial charge in [-0.3, -0.25) is 0 Å². The number of hydrazone groups is 1. The number of benzene rings is 1. The summed E-state index contributed by atoms with van der Waals surface area (Å²) in [6.07, 6.45) is 0. The average Bonchev–Trinajstić information content (AvgIpc) is 2.26. The van der Waals surface area contributed by atoms with Crippen molar-refractivity contribution in [3.05, 3.63) is 35.1 Å². The molecule has 0 saturated heterocycles. The quantitative estimate of drug-likeness (QED) is 0.341. The summed E-state index contributed by atoms with van der Waals surface area (Å²) in [6.45, 7) is 0. The first-order valence-corrected chi connectivity index (χ1v) is 5.00. The molecule has 0 aliphatic rings. The highest BCUT2D eigenvalue weighted by atomic mass is 32.2. The van der Waals surface area contributed by atoms with E-state index in [-0.39, 0.29) is 11.0 Å². The molecular formula is C9H9FN4S. The first-order valence-electron chi connectivity index (χ1n) is 4.02. The lowest BCUT2D eigenvalue weighted by Gasteiger charge is -2.02. The van der Waals surface area contributed by atoms with Crippen LogP contribution in [0.1, 0.15) is 11.1 Å². The maximum absolute atomic E-state index is 12.9. The van der Waals surface area contributed by atoms with Gasteiger partial charge in [0.25, 0.3) is 0 Å². The van der Waals surface area contributed by atoms with Crippen molar-refractivity contribution < 1.29 is 4.39 Å². The molecule has 0 fully saturated rings. The van der Waals surface area contributed by atoms with Gasteiger partial charge in [0.15, 0.2) is 5.17 Å². The van der Waals surface area contributed by atoms with E-state index in [1.54, 1.807) is 0 Å². The number of thioether (sulfide) groups is 1. The molecule has 0 aliphatic heterocycles. The molecule has 0 spiro atoms. The Kier molecular flexibility index (Phi) is 3.94. The van der Waals surface area contributed by atoms with Crippen molar-refractivity contribution in [1.82, 2.24) is 0 Å². The van der Waals surface area contributed by atoms with Crippen LogP contribution in [0.4, 0.5) is 4.39 Å². The van der Waals surface area contributed by atoms with Crippen LogP contribution in [0.3, 0.4) is 0 Å². The lowest BCUT2D eigenvalue weighted by Crippen LogP contribution is -2.09. The summed E-state index contributed by atoms with van der Waals surface area (Å²) < 4.78 is 12.9. The SMILES string of the molecule is N#Cc1ccc(F)cc1CSC(N)=NN. The van der Waals surface area contributed by atoms with E-state index < -0.39 is 0 Å². The average molecular weight is 224 g/mol. The highest BCUT2D eigenvalue weighted by Gasteiger charge is 2.04. The number of amidine groups is 1. The fraction of sp³-hybridized carbons (Fsp3) is 0.111. The van der Waals surface area contributed by atoms with Gasteiger partial charge >= 0.3 is 0 Å². The lowest BCUT2D eigenvalue weighted by atomic mass is 10.1. The van der Waals surface area contributed by atoms with Gasteiger partial charge in [-0.2, -0.15) is 10.4 Å². The summed E-state index contributed by atoms with van der Waals surface area (Å²) >= 11 is 1.15. The molecule has 0 heterocycles. The van der Waals surface area contributed by atoms with Crippen LogP contribution in [0.2, 0.25) is 0 Å². The molecule has 0 aliphatic carbocycles. The first kappa shape index (κ1) is 11.3. The Bertz CT molecular complexity index is 425. The molecule has 4 N–H and O–H groups in total. The summed E-state index contributed by atoms with van der Waals surface area (Å²) in [5, 5.41) is 12.2. The van der Waals surface area contributed by atoms with Gasteiger partial charge in [-0.1, -0.05) is 11.8 Å². The summed E-state index contributed by atoms with van der Waals surface area (Å²) in [4.78, 5) is 0. The molecule has 0 atom stereocenters. The highest BCUT2D eigenvalue weighted by Crippen LogP contribution is 2.17. The first-order chi connectivity index (χ1) is 7.17. The maximum atomic E-state index is 12.9. The van der Waals surface area contributed by atoms with Gasteiger partial charge in [-0.15, -0.1) is 0 Å². The molecule has 0 bridgehead atoms. The van der Waals surface area contributed by atoms with Crippen molar-refractivity contribution in [3.8, 4) is 6.07 Å². The number of nitrogens with zero attached hydrogens (tertiary/aromatic N) is 2. The summed E-state index contributed by atoms with van der Waals surface area (Å²) in [5.74, 6) is 4.93. The minimum Gasteiger partial charge on any atom is -0.377 e. The topological polar surface area (TPSA) is 88.2 Å². The van der Waals surface area contributed by atoms with Gasteiger partial charge in [-0.05, 0) is 23.8 Å². The normalized spacial score (nSPS) is 11.1. The Morgan fingerprint density at radius 1 is 1.60 bits per heavy atom. The number of nitriles is 1. The van der Waals surface area contributed by atoms with Gasteiger partial charge in [0.1, 0.15) is 5.82 Å². The number of rotatable bonds is 2. The summed E-state index contributed by atoms with van der Waals surface area (Å²) in [6, 6.07) is 5.95. The van der Waals surface area contributed by atoms with Gasteiger partial charge in [0.05, 0.1) is 11.6 Å².